The fraction of sp³-hybridized carbons (Fsp3) is 0.667. The molecule has 1 unspecified atom stereocenters. The number of nitrogens with zero attached hydrogens (tertiary/aromatic N) is 1. The van der Waals surface area contributed by atoms with Crippen LogP contribution in [0.25, 0.3) is 0 Å². The molecule has 0 spiro atoms. The van der Waals surface area contributed by atoms with E-state index in [-0.39, 0.29) is 0 Å². The molecule has 3 heteroatoms. The normalized spacial score (nSPS) is 24.8. The van der Waals surface area contributed by atoms with Crippen LogP contribution in [0, 0.1) is 0 Å². The summed E-state index contributed by atoms with van der Waals surface area (Å²) in [5.41, 5.74) is 0.976. The maximum absolute atomic E-state index is 10.5. The SMILES string of the molecule is CCCOc1ccc(C(O)CN2[C@H](C)CCC[C@@H]2C)cc1. The molecule has 1 aliphatic rings. The average Bonchev–Trinajstić information content (AvgIpc) is 2.49. The van der Waals surface area contributed by atoms with Gasteiger partial charge in [0.2, 0.25) is 0 Å². The minimum atomic E-state index is -0.423. The highest BCUT2D eigenvalue weighted by atomic mass is 16.5. The molecule has 1 fully saturated rings. The van der Waals surface area contributed by atoms with E-state index in [4.69, 9.17) is 4.74 Å². The monoisotopic (exact) mass is 291 g/mol. The van der Waals surface area contributed by atoms with E-state index >= 15 is 0 Å². The predicted octanol–water partition coefficient (Wildman–Crippen LogP) is 3.77. The fourth-order valence-electron chi connectivity index (χ4n) is 3.15. The number of piperidine rings is 1. The lowest BCUT2D eigenvalue weighted by atomic mass is 9.96. The molecule has 1 saturated heterocycles. The Balaban J connectivity index is 1.94. The predicted molar refractivity (Wildman–Crippen MR) is 86.7 cm³/mol. The topological polar surface area (TPSA) is 32.7 Å². The molecule has 1 N–H and O–H groups in total. The van der Waals surface area contributed by atoms with E-state index in [1.54, 1.807) is 0 Å². The zero-order chi connectivity index (χ0) is 15.2. The Morgan fingerprint density at radius 2 is 1.81 bits per heavy atom. The quantitative estimate of drug-likeness (QED) is 0.866. The summed E-state index contributed by atoms with van der Waals surface area (Å²) in [4.78, 5) is 2.44. The van der Waals surface area contributed by atoms with Crippen molar-refractivity contribution >= 4 is 0 Å². The summed E-state index contributed by atoms with van der Waals surface area (Å²) in [6, 6.07) is 9.00. The molecule has 0 aliphatic carbocycles. The minimum absolute atomic E-state index is 0.423. The van der Waals surface area contributed by atoms with Crippen molar-refractivity contribution in [2.24, 2.45) is 0 Å². The third kappa shape index (κ3) is 4.45. The van der Waals surface area contributed by atoms with Crippen LogP contribution in [0.3, 0.4) is 0 Å². The van der Waals surface area contributed by atoms with Crippen molar-refractivity contribution < 1.29 is 9.84 Å². The summed E-state index contributed by atoms with van der Waals surface area (Å²) >= 11 is 0. The van der Waals surface area contributed by atoms with Crippen LogP contribution in [-0.2, 0) is 0 Å². The van der Waals surface area contributed by atoms with Crippen molar-refractivity contribution in [3.63, 3.8) is 0 Å². The molecule has 21 heavy (non-hydrogen) atoms. The summed E-state index contributed by atoms with van der Waals surface area (Å²) in [5.74, 6) is 0.882. The average molecular weight is 291 g/mol. The van der Waals surface area contributed by atoms with Crippen LogP contribution in [0.5, 0.6) is 5.75 Å². The number of benzene rings is 1. The molecule has 1 aliphatic heterocycles. The Morgan fingerprint density at radius 3 is 2.38 bits per heavy atom. The lowest BCUT2D eigenvalue weighted by Crippen LogP contribution is -2.45. The maximum Gasteiger partial charge on any atom is 0.119 e. The molecule has 0 saturated carbocycles. The number of rotatable bonds is 6. The van der Waals surface area contributed by atoms with Crippen molar-refractivity contribution in [2.75, 3.05) is 13.2 Å². The van der Waals surface area contributed by atoms with Gasteiger partial charge in [-0.1, -0.05) is 25.5 Å². The van der Waals surface area contributed by atoms with Gasteiger partial charge in [0, 0.05) is 18.6 Å². The summed E-state index contributed by atoms with van der Waals surface area (Å²) in [7, 11) is 0. The van der Waals surface area contributed by atoms with Gasteiger partial charge < -0.3 is 9.84 Å². The maximum atomic E-state index is 10.5. The molecule has 1 aromatic carbocycles. The van der Waals surface area contributed by atoms with Gasteiger partial charge in [-0.25, -0.2) is 0 Å². The number of ether oxygens (including phenoxy) is 1. The van der Waals surface area contributed by atoms with E-state index in [2.05, 4.69) is 25.7 Å². The second kappa shape index (κ2) is 7.81. The Labute approximate surface area is 128 Å². The molecule has 0 radical (unpaired) electrons. The standard InChI is InChI=1S/C18H29NO2/c1-4-12-21-17-10-8-16(9-11-17)18(20)13-19-14(2)6-5-7-15(19)3/h8-11,14-15,18,20H,4-7,12-13H2,1-3H3/t14-,15+,18?. The van der Waals surface area contributed by atoms with Crippen LogP contribution in [0.1, 0.15) is 58.1 Å². The minimum Gasteiger partial charge on any atom is -0.494 e. The molecule has 2 rings (SSSR count). The van der Waals surface area contributed by atoms with E-state index in [0.717, 1.165) is 30.9 Å². The first kappa shape index (κ1) is 16.3. The molecule has 0 amide bonds. The Hall–Kier alpha value is -1.06. The molecule has 3 nitrogen and oxygen atoms in total. The third-order valence-corrected chi connectivity index (χ3v) is 4.50. The van der Waals surface area contributed by atoms with Crippen molar-refractivity contribution in [1.29, 1.82) is 0 Å². The molecular formula is C18H29NO2. The summed E-state index contributed by atoms with van der Waals surface area (Å²) in [6.45, 7) is 8.09. The van der Waals surface area contributed by atoms with Crippen LogP contribution in [0.4, 0.5) is 0 Å². The van der Waals surface area contributed by atoms with Crippen LogP contribution in [0.2, 0.25) is 0 Å². The highest BCUT2D eigenvalue weighted by molar-refractivity contribution is 5.28. The number of β-amino-alcohol motifs (C(OH)–C–C–N with tert-alkyl or cyclic N) is 1. The van der Waals surface area contributed by atoms with Gasteiger partial charge >= 0.3 is 0 Å². The number of hydrogen-bond acceptors (Lipinski definition) is 3. The van der Waals surface area contributed by atoms with Crippen molar-refractivity contribution in [1.82, 2.24) is 4.90 Å². The Morgan fingerprint density at radius 1 is 1.19 bits per heavy atom. The molecule has 3 atom stereocenters. The number of aliphatic hydroxyl groups is 1. The number of hydrogen-bond donors (Lipinski definition) is 1. The van der Waals surface area contributed by atoms with Gasteiger partial charge in [-0.3, -0.25) is 4.90 Å². The summed E-state index contributed by atoms with van der Waals surface area (Å²) in [6.07, 6.45) is 4.36. The van der Waals surface area contributed by atoms with Gasteiger partial charge in [0.1, 0.15) is 5.75 Å². The lowest BCUT2D eigenvalue weighted by Gasteiger charge is -2.40. The summed E-state index contributed by atoms with van der Waals surface area (Å²) < 4.78 is 5.58. The highest BCUT2D eigenvalue weighted by Crippen LogP contribution is 2.26. The first-order valence-corrected chi connectivity index (χ1v) is 8.28. The van der Waals surface area contributed by atoms with Gasteiger partial charge in [0.05, 0.1) is 12.7 Å². The molecule has 1 aromatic rings. The first-order chi connectivity index (χ1) is 10.1. The van der Waals surface area contributed by atoms with Crippen LogP contribution in [0.15, 0.2) is 24.3 Å². The van der Waals surface area contributed by atoms with E-state index in [1.165, 1.54) is 19.3 Å². The zero-order valence-corrected chi connectivity index (χ0v) is 13.6. The second-order valence-corrected chi connectivity index (χ2v) is 6.26. The Bertz CT molecular complexity index is 408. The van der Waals surface area contributed by atoms with Gasteiger partial charge in [0.15, 0.2) is 0 Å². The van der Waals surface area contributed by atoms with Gasteiger partial charge in [-0.2, -0.15) is 0 Å². The molecule has 1 heterocycles. The smallest absolute Gasteiger partial charge is 0.119 e. The van der Waals surface area contributed by atoms with Crippen molar-refractivity contribution in [3.05, 3.63) is 29.8 Å². The van der Waals surface area contributed by atoms with E-state index in [9.17, 15) is 5.11 Å². The fourth-order valence-corrected chi connectivity index (χ4v) is 3.15. The van der Waals surface area contributed by atoms with Crippen molar-refractivity contribution in [3.8, 4) is 5.75 Å². The zero-order valence-electron chi connectivity index (χ0n) is 13.6. The Kier molecular flexibility index (Phi) is 6.07. The van der Waals surface area contributed by atoms with Gasteiger partial charge in [0.25, 0.3) is 0 Å². The van der Waals surface area contributed by atoms with E-state index < -0.39 is 6.10 Å². The molecular weight excluding hydrogens is 262 g/mol. The summed E-state index contributed by atoms with van der Waals surface area (Å²) in [5, 5.41) is 10.5. The van der Waals surface area contributed by atoms with Crippen LogP contribution < -0.4 is 4.74 Å². The highest BCUT2D eigenvalue weighted by Gasteiger charge is 2.26. The number of aliphatic hydroxyl groups excluding tert-OH is 1. The molecule has 118 valence electrons. The number of likely N-dealkylation sites (tertiary alicyclic amines) is 1. The van der Waals surface area contributed by atoms with Crippen LogP contribution >= 0.6 is 0 Å². The van der Waals surface area contributed by atoms with Gasteiger partial charge in [-0.15, -0.1) is 0 Å². The van der Waals surface area contributed by atoms with E-state index in [0.29, 0.717) is 12.1 Å². The second-order valence-electron chi connectivity index (χ2n) is 6.26. The lowest BCUT2D eigenvalue weighted by molar-refractivity contribution is 0.0411. The largest absolute Gasteiger partial charge is 0.494 e. The molecule has 0 bridgehead atoms. The van der Waals surface area contributed by atoms with Crippen LogP contribution in [-0.4, -0.2) is 35.2 Å². The van der Waals surface area contributed by atoms with Gasteiger partial charge in [-0.05, 0) is 50.8 Å². The van der Waals surface area contributed by atoms with E-state index in [1.807, 2.05) is 24.3 Å². The third-order valence-electron chi connectivity index (χ3n) is 4.50. The van der Waals surface area contributed by atoms with Crippen molar-refractivity contribution in [2.45, 2.75) is 64.6 Å². The molecule has 0 aromatic heterocycles. The first-order valence-electron chi connectivity index (χ1n) is 8.28.